The van der Waals surface area contributed by atoms with Gasteiger partial charge in [-0.1, -0.05) is 39.0 Å². The number of carbonyl (C=O) groups is 3. The van der Waals surface area contributed by atoms with E-state index >= 15 is 0 Å². The first-order valence-corrected chi connectivity index (χ1v) is 16.5. The Morgan fingerprint density at radius 3 is 2.62 bits per heavy atom. The number of hydrogen-bond acceptors (Lipinski definition) is 8. The number of benzene rings is 2. The van der Waals surface area contributed by atoms with E-state index in [-0.39, 0.29) is 35.4 Å². The molecule has 48 heavy (non-hydrogen) atoms. The SMILES string of the molecule is COc1ccccc1Oc1ccc(N2C(=O)Nc3c(C(=O)NC4CCCN(C(=O)/C(C#N)=C/C(C)(C)C)C4)sc4nccc2c34)c(C)c1. The molecule has 4 aromatic rings. The number of thiophene rings is 1. The average Bonchev–Trinajstić information content (AvgIpc) is 3.43. The number of piperidine rings is 1. The fourth-order valence-corrected chi connectivity index (χ4v) is 7.05. The maximum Gasteiger partial charge on any atom is 0.331 e. The standard InChI is InChI=1S/C36H36N6O5S/c1-21-17-24(47-28-11-7-6-10-27(28)46-5)12-13-25(21)42-26-14-15-38-33-29(26)30(40-35(42)45)31(48-33)32(43)39-23-9-8-16-41(20-23)34(44)22(19-37)18-36(2,3)4/h6-7,10-15,17-18,23H,8-9,16,20H2,1-5H3,(H,39,43)(H,40,45)/b22-18+. The van der Waals surface area contributed by atoms with Crippen LogP contribution < -0.4 is 25.0 Å². The summed E-state index contributed by atoms with van der Waals surface area (Å²) in [6, 6.07) is 15.9. The molecule has 0 bridgehead atoms. The first-order valence-electron chi connectivity index (χ1n) is 15.6. The van der Waals surface area contributed by atoms with Crippen molar-refractivity contribution in [2.75, 3.05) is 30.4 Å². The van der Waals surface area contributed by atoms with Crippen molar-refractivity contribution in [3.8, 4) is 23.3 Å². The highest BCUT2D eigenvalue weighted by atomic mass is 32.1. The van der Waals surface area contributed by atoms with Crippen LogP contribution in [0.3, 0.4) is 0 Å². The van der Waals surface area contributed by atoms with Gasteiger partial charge in [0.25, 0.3) is 11.8 Å². The Morgan fingerprint density at radius 2 is 1.92 bits per heavy atom. The van der Waals surface area contributed by atoms with E-state index in [0.29, 0.717) is 68.8 Å². The number of nitriles is 1. The third-order valence-corrected chi connectivity index (χ3v) is 9.23. The van der Waals surface area contributed by atoms with Crippen LogP contribution in [0, 0.1) is 23.7 Å². The molecule has 11 nitrogen and oxygen atoms in total. The van der Waals surface area contributed by atoms with Crippen molar-refractivity contribution in [3.05, 3.63) is 76.8 Å². The number of ether oxygens (including phenoxy) is 2. The molecule has 4 amide bonds. The summed E-state index contributed by atoms with van der Waals surface area (Å²) in [5.74, 6) is 1.08. The summed E-state index contributed by atoms with van der Waals surface area (Å²) in [4.78, 5) is 49.3. The summed E-state index contributed by atoms with van der Waals surface area (Å²) < 4.78 is 11.5. The number of urea groups is 1. The number of amides is 4. The van der Waals surface area contributed by atoms with Crippen LogP contribution in [0.15, 0.2) is 66.4 Å². The Kier molecular flexibility index (Phi) is 8.81. The van der Waals surface area contributed by atoms with E-state index in [4.69, 9.17) is 9.47 Å². The number of carbonyl (C=O) groups excluding carboxylic acids is 3. The van der Waals surface area contributed by atoms with E-state index in [9.17, 15) is 19.6 Å². The predicted octanol–water partition coefficient (Wildman–Crippen LogP) is 7.31. The molecule has 0 spiro atoms. The van der Waals surface area contributed by atoms with E-state index in [1.54, 1.807) is 41.3 Å². The molecule has 6 rings (SSSR count). The van der Waals surface area contributed by atoms with Crippen molar-refractivity contribution in [1.82, 2.24) is 15.2 Å². The van der Waals surface area contributed by atoms with Gasteiger partial charge in [0.2, 0.25) is 0 Å². The van der Waals surface area contributed by atoms with Crippen molar-refractivity contribution in [3.63, 3.8) is 0 Å². The molecule has 1 fully saturated rings. The summed E-state index contributed by atoms with van der Waals surface area (Å²) in [6.07, 6.45) is 4.67. The van der Waals surface area contributed by atoms with E-state index in [1.807, 2.05) is 70.2 Å². The van der Waals surface area contributed by atoms with Gasteiger partial charge in [0.15, 0.2) is 11.5 Å². The van der Waals surface area contributed by atoms with E-state index in [2.05, 4.69) is 15.6 Å². The minimum absolute atomic E-state index is 0.100. The van der Waals surface area contributed by atoms with Crippen LogP contribution in [0.4, 0.5) is 21.9 Å². The number of methoxy groups -OCH3 is 1. The van der Waals surface area contributed by atoms with Gasteiger partial charge in [-0.05, 0) is 67.1 Å². The number of allylic oxidation sites excluding steroid dienone is 1. The van der Waals surface area contributed by atoms with Crippen LogP contribution in [0.5, 0.6) is 17.2 Å². The molecule has 2 aromatic carbocycles. The molecule has 0 saturated carbocycles. The van der Waals surface area contributed by atoms with Gasteiger partial charge in [-0.15, -0.1) is 11.3 Å². The number of para-hydroxylation sites is 2. The molecular weight excluding hydrogens is 628 g/mol. The number of rotatable bonds is 7. The lowest BCUT2D eigenvalue weighted by molar-refractivity contribution is -0.128. The molecule has 12 heteroatoms. The maximum absolute atomic E-state index is 13.7. The Morgan fingerprint density at radius 1 is 1.15 bits per heavy atom. The monoisotopic (exact) mass is 664 g/mol. The molecule has 2 aromatic heterocycles. The second-order valence-electron chi connectivity index (χ2n) is 12.9. The van der Waals surface area contributed by atoms with Gasteiger partial charge in [-0.25, -0.2) is 9.78 Å². The third kappa shape index (κ3) is 6.41. The summed E-state index contributed by atoms with van der Waals surface area (Å²) in [6.45, 7) is 8.49. The second kappa shape index (κ2) is 13.0. The molecular formula is C36H36N6O5S. The summed E-state index contributed by atoms with van der Waals surface area (Å²) in [5, 5.41) is 16.3. The van der Waals surface area contributed by atoms with Gasteiger partial charge in [-0.2, -0.15) is 5.26 Å². The molecule has 2 aliphatic rings. The van der Waals surface area contributed by atoms with Crippen LogP contribution in [0.25, 0.3) is 10.2 Å². The third-order valence-electron chi connectivity index (χ3n) is 8.13. The summed E-state index contributed by atoms with van der Waals surface area (Å²) in [7, 11) is 1.58. The van der Waals surface area contributed by atoms with Gasteiger partial charge >= 0.3 is 6.03 Å². The fourth-order valence-electron chi connectivity index (χ4n) is 6.03. The zero-order valence-corrected chi connectivity index (χ0v) is 28.2. The Hall–Kier alpha value is -5.41. The normalized spacial score (nSPS) is 16.3. The Balaban J connectivity index is 1.24. The number of aryl methyl sites for hydroxylation is 1. The molecule has 1 atom stereocenters. The van der Waals surface area contributed by atoms with E-state index in [0.717, 1.165) is 5.56 Å². The molecule has 246 valence electrons. The van der Waals surface area contributed by atoms with Gasteiger partial charge < -0.3 is 25.0 Å². The number of likely N-dealkylation sites (tertiary alicyclic amines) is 1. The zero-order chi connectivity index (χ0) is 34.2. The highest BCUT2D eigenvalue weighted by molar-refractivity contribution is 7.21. The number of aromatic nitrogens is 1. The molecule has 1 saturated heterocycles. The lowest BCUT2D eigenvalue weighted by Crippen LogP contribution is -2.50. The van der Waals surface area contributed by atoms with Gasteiger partial charge in [0, 0.05) is 25.3 Å². The van der Waals surface area contributed by atoms with E-state index < -0.39 is 6.03 Å². The molecule has 0 aliphatic carbocycles. The van der Waals surface area contributed by atoms with Crippen LogP contribution in [0.2, 0.25) is 0 Å². The average molecular weight is 665 g/mol. The van der Waals surface area contributed by atoms with Gasteiger partial charge in [-0.3, -0.25) is 14.5 Å². The Bertz CT molecular complexity index is 2010. The molecule has 0 radical (unpaired) electrons. The number of nitrogens with one attached hydrogen (secondary N) is 2. The maximum atomic E-state index is 13.7. The van der Waals surface area contributed by atoms with Crippen LogP contribution in [-0.2, 0) is 4.79 Å². The number of nitrogens with zero attached hydrogens (tertiary/aromatic N) is 4. The van der Waals surface area contributed by atoms with Crippen molar-refractivity contribution in [2.45, 2.75) is 46.6 Å². The predicted molar refractivity (Wildman–Crippen MR) is 185 cm³/mol. The Labute approximate surface area is 282 Å². The number of pyridine rings is 1. The largest absolute Gasteiger partial charge is 0.493 e. The number of anilines is 3. The van der Waals surface area contributed by atoms with Crippen molar-refractivity contribution in [1.29, 1.82) is 5.26 Å². The first-order chi connectivity index (χ1) is 23.0. The topological polar surface area (TPSA) is 137 Å². The van der Waals surface area contributed by atoms with Gasteiger partial charge in [0.05, 0.1) is 29.6 Å². The van der Waals surface area contributed by atoms with Crippen LogP contribution >= 0.6 is 11.3 Å². The van der Waals surface area contributed by atoms with Crippen molar-refractivity contribution >= 4 is 56.5 Å². The number of hydrogen-bond donors (Lipinski definition) is 2. The molecule has 1 unspecified atom stereocenters. The fraction of sp³-hybridized carbons (Fsp3) is 0.306. The molecule has 4 heterocycles. The summed E-state index contributed by atoms with van der Waals surface area (Å²) >= 11 is 1.20. The van der Waals surface area contributed by atoms with Crippen LogP contribution in [0.1, 0.15) is 48.8 Å². The molecule has 2 N–H and O–H groups in total. The smallest absolute Gasteiger partial charge is 0.331 e. The lowest BCUT2D eigenvalue weighted by atomic mass is 9.93. The minimum Gasteiger partial charge on any atom is -0.493 e. The molecule has 2 aliphatic heterocycles. The van der Waals surface area contributed by atoms with E-state index in [1.165, 1.54) is 11.3 Å². The zero-order valence-electron chi connectivity index (χ0n) is 27.4. The first kappa shape index (κ1) is 32.5. The summed E-state index contributed by atoms with van der Waals surface area (Å²) in [5.41, 5.74) is 2.25. The van der Waals surface area contributed by atoms with Crippen molar-refractivity contribution in [2.24, 2.45) is 5.41 Å². The second-order valence-corrected chi connectivity index (χ2v) is 13.9. The highest BCUT2D eigenvalue weighted by Crippen LogP contribution is 2.46. The van der Waals surface area contributed by atoms with Crippen molar-refractivity contribution < 1.29 is 23.9 Å². The quantitative estimate of drug-likeness (QED) is 0.156. The van der Waals surface area contributed by atoms with Gasteiger partial charge in [0.1, 0.15) is 27.1 Å². The minimum atomic E-state index is -0.409. The lowest BCUT2D eigenvalue weighted by Gasteiger charge is -2.33. The van der Waals surface area contributed by atoms with Crippen LogP contribution in [-0.4, -0.2) is 54.0 Å². The highest BCUT2D eigenvalue weighted by Gasteiger charge is 2.35.